The van der Waals surface area contributed by atoms with Gasteiger partial charge < -0.3 is 4.74 Å². The Balaban J connectivity index is 1.59. The molecule has 6 aromatic rings. The van der Waals surface area contributed by atoms with Crippen molar-refractivity contribution in [2.45, 2.75) is 61.3 Å². The van der Waals surface area contributed by atoms with Crippen LogP contribution >= 0.6 is 0 Å². The Morgan fingerprint density at radius 2 is 1.37 bits per heavy atom. The van der Waals surface area contributed by atoms with Gasteiger partial charge in [0, 0.05) is 17.0 Å². The fraction of sp³-hybridized carbons (Fsp3) is 0.308. The minimum absolute atomic E-state index is 0.102. The third-order valence-corrected chi connectivity index (χ3v) is 8.64. The summed E-state index contributed by atoms with van der Waals surface area (Å²) in [5.41, 5.74) is 6.79. The number of aromatic nitrogens is 1. The molecule has 2 heterocycles. The van der Waals surface area contributed by atoms with Crippen LogP contribution in [-0.2, 0) is 19.9 Å². The number of nitrogens with zero attached hydrogens (tertiary/aromatic N) is 1. The van der Waals surface area contributed by atoms with Crippen molar-refractivity contribution in [2.24, 2.45) is 17.9 Å². The highest BCUT2D eigenvalue weighted by Gasteiger charge is 2.34. The van der Waals surface area contributed by atoms with Crippen molar-refractivity contribution in [1.29, 1.82) is 0 Å². The van der Waals surface area contributed by atoms with Crippen molar-refractivity contribution in [3.63, 3.8) is 0 Å². The first-order valence-electron chi connectivity index (χ1n) is 14.9. The van der Waals surface area contributed by atoms with Crippen LogP contribution in [0, 0.1) is 17.8 Å². The Morgan fingerprint density at radius 1 is 0.683 bits per heavy atom. The highest BCUT2D eigenvalue weighted by molar-refractivity contribution is 6.16. The Hall–Kier alpha value is -3.91. The second-order valence-corrected chi connectivity index (χ2v) is 14.6. The van der Waals surface area contributed by atoms with Gasteiger partial charge in [0.1, 0.15) is 18.5 Å². The van der Waals surface area contributed by atoms with Crippen LogP contribution in [0.1, 0.15) is 58.2 Å². The molecule has 41 heavy (non-hydrogen) atoms. The lowest BCUT2D eigenvalue weighted by Crippen LogP contribution is -2.32. The Bertz CT molecular complexity index is 2050. The molecule has 0 aliphatic carbocycles. The number of aryl methyl sites for hydroxylation is 2. The van der Waals surface area contributed by atoms with Gasteiger partial charge in [0.2, 0.25) is 5.69 Å². The average molecular weight is 539 g/mol. The predicted octanol–water partition coefficient (Wildman–Crippen LogP) is 10.4. The molecule has 0 atom stereocenters. The monoisotopic (exact) mass is 538 g/mol. The topological polar surface area (TPSA) is 13.1 Å². The maximum atomic E-state index is 7.12. The van der Waals surface area contributed by atoms with Gasteiger partial charge >= 0.3 is 0 Å². The standard InChI is InChI=1S/C39H40NO/c1-23-30-18-25-11-9-10-12-26(25)19-31(30)32(22-39(5,6)7)37-34(23)36-35-29(15-16-40(36)8)28-14-13-24(21-38(2,3)4)17-27(28)20-33(35)41-37/h9-20H,21-22H2,1-8H3/q+1. The fourth-order valence-corrected chi connectivity index (χ4v) is 7.01. The maximum absolute atomic E-state index is 7.12. The molecule has 2 heteroatoms. The number of rotatable bonds is 2. The van der Waals surface area contributed by atoms with Gasteiger partial charge in [0.15, 0.2) is 6.20 Å². The lowest BCUT2D eigenvalue weighted by atomic mass is 9.81. The first kappa shape index (κ1) is 26.0. The van der Waals surface area contributed by atoms with E-state index in [0.717, 1.165) is 24.3 Å². The summed E-state index contributed by atoms with van der Waals surface area (Å²) in [6.45, 7) is 16.2. The quantitative estimate of drug-likeness (QED) is 0.121. The Kier molecular flexibility index (Phi) is 5.58. The van der Waals surface area contributed by atoms with E-state index in [1.54, 1.807) is 0 Å². The Labute approximate surface area is 243 Å². The van der Waals surface area contributed by atoms with Crippen LogP contribution in [0.3, 0.4) is 0 Å². The summed E-state index contributed by atoms with van der Waals surface area (Å²) in [5, 5.41) is 10.2. The molecule has 206 valence electrons. The fourth-order valence-electron chi connectivity index (χ4n) is 7.01. The molecule has 0 amide bonds. The normalized spacial score (nSPS) is 13.3. The highest BCUT2D eigenvalue weighted by Crippen LogP contribution is 2.53. The van der Waals surface area contributed by atoms with Crippen molar-refractivity contribution in [1.82, 2.24) is 0 Å². The molecule has 0 fully saturated rings. The summed E-state index contributed by atoms with van der Waals surface area (Å²) in [4.78, 5) is 0. The van der Waals surface area contributed by atoms with Crippen LogP contribution in [0.2, 0.25) is 0 Å². The molecule has 1 aromatic heterocycles. The minimum Gasteiger partial charge on any atom is -0.455 e. The van der Waals surface area contributed by atoms with Crippen molar-refractivity contribution >= 4 is 43.1 Å². The van der Waals surface area contributed by atoms with Crippen LogP contribution in [-0.4, -0.2) is 0 Å². The summed E-state index contributed by atoms with van der Waals surface area (Å²) in [7, 11) is 2.18. The molecule has 0 N–H and O–H groups in total. The molecule has 0 unspecified atom stereocenters. The van der Waals surface area contributed by atoms with Gasteiger partial charge in [-0.3, -0.25) is 0 Å². The van der Waals surface area contributed by atoms with Crippen LogP contribution < -0.4 is 9.30 Å². The lowest BCUT2D eigenvalue weighted by Gasteiger charge is -2.28. The van der Waals surface area contributed by atoms with E-state index in [1.165, 1.54) is 71.0 Å². The summed E-state index contributed by atoms with van der Waals surface area (Å²) < 4.78 is 9.42. The van der Waals surface area contributed by atoms with Crippen LogP contribution in [0.15, 0.2) is 72.9 Å². The molecule has 5 aromatic carbocycles. The Morgan fingerprint density at radius 3 is 2.05 bits per heavy atom. The van der Waals surface area contributed by atoms with Gasteiger partial charge in [-0.15, -0.1) is 0 Å². The third-order valence-electron chi connectivity index (χ3n) is 8.64. The second kappa shape index (κ2) is 8.79. The SMILES string of the molecule is Cc1c2c(c(CC(C)(C)C)c3cc4ccccc4cc13)Oc1cc3cc(CC(C)(C)C)ccc3c3cc[n+](C)c-2c13. The molecule has 1 aliphatic rings. The van der Waals surface area contributed by atoms with Gasteiger partial charge in [0.25, 0.3) is 0 Å². The van der Waals surface area contributed by atoms with Gasteiger partial charge in [-0.2, -0.15) is 0 Å². The summed E-state index contributed by atoms with van der Waals surface area (Å²) in [5.74, 6) is 2.00. The smallest absolute Gasteiger partial charge is 0.228 e. The molecule has 1 aliphatic heterocycles. The van der Waals surface area contributed by atoms with E-state index in [-0.39, 0.29) is 10.8 Å². The molecular weight excluding hydrogens is 498 g/mol. The molecule has 7 rings (SSSR count). The highest BCUT2D eigenvalue weighted by atomic mass is 16.5. The van der Waals surface area contributed by atoms with E-state index in [4.69, 9.17) is 4.74 Å². The van der Waals surface area contributed by atoms with Crippen LogP contribution in [0.25, 0.3) is 54.3 Å². The molecule has 2 nitrogen and oxygen atoms in total. The molecule has 0 bridgehead atoms. The summed E-state index contributed by atoms with van der Waals surface area (Å²) in [6.07, 6.45) is 4.21. The van der Waals surface area contributed by atoms with Gasteiger partial charge in [-0.1, -0.05) is 84.0 Å². The number of hydrogen-bond acceptors (Lipinski definition) is 1. The van der Waals surface area contributed by atoms with Gasteiger partial charge in [0.05, 0.1) is 10.9 Å². The number of ether oxygens (including phenoxy) is 1. The maximum Gasteiger partial charge on any atom is 0.228 e. The zero-order valence-electron chi connectivity index (χ0n) is 25.7. The number of pyridine rings is 1. The number of benzene rings is 5. The van der Waals surface area contributed by atoms with E-state index < -0.39 is 0 Å². The van der Waals surface area contributed by atoms with Gasteiger partial charge in [-0.05, 0) is 92.2 Å². The summed E-state index contributed by atoms with van der Waals surface area (Å²) in [6, 6.07) is 25.1. The number of fused-ring (bicyclic) bond motifs is 6. The van der Waals surface area contributed by atoms with Crippen molar-refractivity contribution in [3.8, 4) is 22.8 Å². The minimum atomic E-state index is 0.102. The lowest BCUT2D eigenvalue weighted by molar-refractivity contribution is -0.659. The molecular formula is C39H40NO+. The van der Waals surface area contributed by atoms with Gasteiger partial charge in [-0.25, -0.2) is 4.57 Å². The van der Waals surface area contributed by atoms with E-state index in [9.17, 15) is 0 Å². The molecule has 0 saturated carbocycles. The largest absolute Gasteiger partial charge is 0.455 e. The van der Waals surface area contributed by atoms with Crippen LogP contribution in [0.4, 0.5) is 0 Å². The van der Waals surface area contributed by atoms with Crippen molar-refractivity contribution < 1.29 is 9.30 Å². The van der Waals surface area contributed by atoms with E-state index in [2.05, 4.69) is 133 Å². The second-order valence-electron chi connectivity index (χ2n) is 14.6. The zero-order valence-corrected chi connectivity index (χ0v) is 25.7. The van der Waals surface area contributed by atoms with E-state index in [1.807, 2.05) is 0 Å². The first-order valence-corrected chi connectivity index (χ1v) is 14.9. The molecule has 0 saturated heterocycles. The summed E-state index contributed by atoms with van der Waals surface area (Å²) >= 11 is 0. The van der Waals surface area contributed by atoms with Crippen molar-refractivity contribution in [3.05, 3.63) is 89.6 Å². The van der Waals surface area contributed by atoms with Crippen molar-refractivity contribution in [2.75, 3.05) is 0 Å². The first-order chi connectivity index (χ1) is 19.4. The third kappa shape index (κ3) is 4.27. The predicted molar refractivity (Wildman–Crippen MR) is 174 cm³/mol. The van der Waals surface area contributed by atoms with E-state index in [0.29, 0.717) is 0 Å². The number of hydrogen-bond donors (Lipinski definition) is 0. The van der Waals surface area contributed by atoms with Crippen LogP contribution in [0.5, 0.6) is 11.5 Å². The average Bonchev–Trinajstić information content (AvgIpc) is 2.89. The molecule has 0 radical (unpaired) electrons. The zero-order chi connectivity index (χ0) is 28.8. The molecule has 0 spiro atoms. The van der Waals surface area contributed by atoms with E-state index >= 15 is 0 Å².